The van der Waals surface area contributed by atoms with Crippen molar-refractivity contribution in [2.75, 3.05) is 13.1 Å². The van der Waals surface area contributed by atoms with E-state index in [2.05, 4.69) is 5.32 Å². The van der Waals surface area contributed by atoms with Gasteiger partial charge in [0, 0.05) is 13.1 Å². The minimum absolute atomic E-state index is 0.128. The van der Waals surface area contributed by atoms with Crippen molar-refractivity contribution in [1.29, 1.82) is 0 Å². The van der Waals surface area contributed by atoms with Gasteiger partial charge in [-0.2, -0.15) is 0 Å². The lowest BCUT2D eigenvalue weighted by Crippen LogP contribution is -2.38. The number of nitrogens with one attached hydrogen (secondary N) is 1. The van der Waals surface area contributed by atoms with E-state index in [4.69, 9.17) is 0 Å². The van der Waals surface area contributed by atoms with Crippen LogP contribution in [-0.2, 0) is 11.2 Å². The van der Waals surface area contributed by atoms with Gasteiger partial charge in [-0.25, -0.2) is 0 Å². The first-order chi connectivity index (χ1) is 11.6. The van der Waals surface area contributed by atoms with Crippen molar-refractivity contribution in [2.45, 2.75) is 13.3 Å². The molecule has 1 N–H and O–H groups in total. The van der Waals surface area contributed by atoms with Crippen molar-refractivity contribution in [3.63, 3.8) is 0 Å². The summed E-state index contributed by atoms with van der Waals surface area (Å²) in [5, 5.41) is 2.76. The van der Waals surface area contributed by atoms with E-state index >= 15 is 0 Å². The highest BCUT2D eigenvalue weighted by Gasteiger charge is 2.34. The van der Waals surface area contributed by atoms with Crippen LogP contribution in [0.25, 0.3) is 0 Å². The number of fused-ring (bicyclic) bond motifs is 1. The van der Waals surface area contributed by atoms with Gasteiger partial charge in [-0.05, 0) is 24.6 Å². The van der Waals surface area contributed by atoms with E-state index in [1.54, 1.807) is 24.3 Å². The third-order valence-electron chi connectivity index (χ3n) is 3.98. The van der Waals surface area contributed by atoms with Crippen LogP contribution in [0, 0.1) is 6.92 Å². The second-order valence-corrected chi connectivity index (χ2v) is 5.82. The van der Waals surface area contributed by atoms with Crippen LogP contribution in [0.5, 0.6) is 0 Å². The fraction of sp³-hybridized carbons (Fsp3) is 0.211. The van der Waals surface area contributed by atoms with E-state index in [1.165, 1.54) is 4.90 Å². The Bertz CT molecular complexity index is 779. The van der Waals surface area contributed by atoms with Crippen LogP contribution in [-0.4, -0.2) is 35.7 Å². The summed E-state index contributed by atoms with van der Waals surface area (Å²) < 4.78 is 0. The molecule has 122 valence electrons. The molecule has 2 aromatic rings. The van der Waals surface area contributed by atoms with Crippen molar-refractivity contribution in [3.8, 4) is 0 Å². The third kappa shape index (κ3) is 3.20. The zero-order chi connectivity index (χ0) is 17.1. The van der Waals surface area contributed by atoms with Gasteiger partial charge in [0.1, 0.15) is 0 Å². The maximum absolute atomic E-state index is 12.2. The summed E-state index contributed by atoms with van der Waals surface area (Å²) in [7, 11) is 0. The molecule has 3 amide bonds. The third-order valence-corrected chi connectivity index (χ3v) is 3.98. The van der Waals surface area contributed by atoms with Gasteiger partial charge in [0.25, 0.3) is 11.8 Å². The van der Waals surface area contributed by atoms with E-state index in [0.717, 1.165) is 11.1 Å². The summed E-state index contributed by atoms with van der Waals surface area (Å²) in [4.78, 5) is 37.6. The Balaban J connectivity index is 1.53. The van der Waals surface area contributed by atoms with E-state index in [0.29, 0.717) is 11.1 Å². The van der Waals surface area contributed by atoms with Crippen molar-refractivity contribution < 1.29 is 14.4 Å². The highest BCUT2D eigenvalue weighted by molar-refractivity contribution is 6.21. The molecule has 0 spiro atoms. The minimum Gasteiger partial charge on any atom is -0.354 e. The van der Waals surface area contributed by atoms with Gasteiger partial charge in [0.15, 0.2) is 0 Å². The molecule has 1 aliphatic rings. The van der Waals surface area contributed by atoms with Crippen LogP contribution < -0.4 is 5.32 Å². The number of rotatable bonds is 5. The van der Waals surface area contributed by atoms with Crippen LogP contribution >= 0.6 is 0 Å². The lowest BCUT2D eigenvalue weighted by Gasteiger charge is -2.14. The second-order valence-electron chi connectivity index (χ2n) is 5.82. The van der Waals surface area contributed by atoms with E-state index < -0.39 is 0 Å². The Morgan fingerprint density at radius 3 is 2.29 bits per heavy atom. The van der Waals surface area contributed by atoms with E-state index in [-0.39, 0.29) is 37.2 Å². The highest BCUT2D eigenvalue weighted by Crippen LogP contribution is 2.21. The first kappa shape index (κ1) is 15.9. The number of carbonyl (C=O) groups excluding carboxylic acids is 3. The number of nitrogens with zero attached hydrogens (tertiary/aromatic N) is 1. The van der Waals surface area contributed by atoms with E-state index in [9.17, 15) is 14.4 Å². The van der Waals surface area contributed by atoms with Gasteiger partial charge in [0.2, 0.25) is 5.91 Å². The van der Waals surface area contributed by atoms with Gasteiger partial charge in [0.05, 0.1) is 17.5 Å². The van der Waals surface area contributed by atoms with Gasteiger partial charge in [-0.15, -0.1) is 0 Å². The molecule has 0 aliphatic carbocycles. The monoisotopic (exact) mass is 322 g/mol. The Morgan fingerprint density at radius 2 is 1.67 bits per heavy atom. The number of amides is 3. The molecular weight excluding hydrogens is 304 g/mol. The molecule has 0 fully saturated rings. The predicted molar refractivity (Wildman–Crippen MR) is 89.7 cm³/mol. The molecule has 5 nitrogen and oxygen atoms in total. The van der Waals surface area contributed by atoms with Crippen LogP contribution in [0.3, 0.4) is 0 Å². The summed E-state index contributed by atoms with van der Waals surface area (Å²) in [6, 6.07) is 14.5. The van der Waals surface area contributed by atoms with Crippen LogP contribution in [0.1, 0.15) is 31.8 Å². The zero-order valence-electron chi connectivity index (χ0n) is 13.4. The molecule has 3 rings (SSSR count). The summed E-state index contributed by atoms with van der Waals surface area (Å²) in [6.45, 7) is 2.39. The zero-order valence-corrected chi connectivity index (χ0v) is 13.4. The lowest BCUT2D eigenvalue weighted by molar-refractivity contribution is -0.120. The maximum Gasteiger partial charge on any atom is 0.261 e. The molecule has 0 radical (unpaired) electrons. The Morgan fingerprint density at radius 1 is 1.00 bits per heavy atom. The van der Waals surface area contributed by atoms with Crippen molar-refractivity contribution in [3.05, 3.63) is 70.8 Å². The molecule has 0 saturated heterocycles. The van der Waals surface area contributed by atoms with Crippen LogP contribution in [0.15, 0.2) is 48.5 Å². The normalized spacial score (nSPS) is 13.1. The second kappa shape index (κ2) is 6.66. The Labute approximate surface area is 140 Å². The Hall–Kier alpha value is -2.95. The molecule has 1 heterocycles. The van der Waals surface area contributed by atoms with Gasteiger partial charge >= 0.3 is 0 Å². The fourth-order valence-corrected chi connectivity index (χ4v) is 2.82. The van der Waals surface area contributed by atoms with Crippen LogP contribution in [0.4, 0.5) is 0 Å². The first-order valence-electron chi connectivity index (χ1n) is 7.84. The average molecular weight is 322 g/mol. The van der Waals surface area contributed by atoms with Gasteiger partial charge in [-0.3, -0.25) is 19.3 Å². The molecule has 0 saturated carbocycles. The standard InChI is InChI=1S/C19H18N2O3/c1-13-5-4-6-14(11-13)12-17(22)20-9-10-21-18(23)15-7-2-3-8-16(15)19(21)24/h2-8,11H,9-10,12H2,1H3,(H,20,22). The number of imide groups is 1. The highest BCUT2D eigenvalue weighted by atomic mass is 16.2. The van der Waals surface area contributed by atoms with Crippen molar-refractivity contribution >= 4 is 17.7 Å². The number of hydrogen-bond donors (Lipinski definition) is 1. The number of carbonyl (C=O) groups is 3. The first-order valence-corrected chi connectivity index (χ1v) is 7.84. The smallest absolute Gasteiger partial charge is 0.261 e. The summed E-state index contributed by atoms with van der Waals surface area (Å²) in [5.74, 6) is -0.732. The SMILES string of the molecule is Cc1cccc(CC(=O)NCCN2C(=O)c3ccccc3C2=O)c1. The molecule has 0 atom stereocenters. The summed E-state index contributed by atoms with van der Waals surface area (Å²) in [6.07, 6.45) is 0.282. The summed E-state index contributed by atoms with van der Waals surface area (Å²) in [5.41, 5.74) is 2.89. The fourth-order valence-electron chi connectivity index (χ4n) is 2.82. The van der Waals surface area contributed by atoms with Crippen molar-refractivity contribution in [1.82, 2.24) is 10.2 Å². The lowest BCUT2D eigenvalue weighted by atomic mass is 10.1. The maximum atomic E-state index is 12.2. The molecule has 1 aliphatic heterocycles. The minimum atomic E-state index is -0.302. The largest absolute Gasteiger partial charge is 0.354 e. The molecule has 0 aromatic heterocycles. The molecule has 0 bridgehead atoms. The topological polar surface area (TPSA) is 66.5 Å². The van der Waals surface area contributed by atoms with Crippen LogP contribution in [0.2, 0.25) is 0 Å². The molecule has 0 unspecified atom stereocenters. The number of benzene rings is 2. The summed E-state index contributed by atoms with van der Waals surface area (Å²) >= 11 is 0. The number of hydrogen-bond acceptors (Lipinski definition) is 3. The Kier molecular flexibility index (Phi) is 4.42. The predicted octanol–water partition coefficient (Wildman–Crippen LogP) is 1.95. The quantitative estimate of drug-likeness (QED) is 0.856. The van der Waals surface area contributed by atoms with Crippen molar-refractivity contribution in [2.24, 2.45) is 0 Å². The molecular formula is C19H18N2O3. The van der Waals surface area contributed by atoms with Gasteiger partial charge < -0.3 is 5.32 Å². The van der Waals surface area contributed by atoms with Gasteiger partial charge in [-0.1, -0.05) is 42.0 Å². The molecule has 2 aromatic carbocycles. The van der Waals surface area contributed by atoms with E-state index in [1.807, 2.05) is 31.2 Å². The molecule has 5 heteroatoms. The number of aryl methyl sites for hydroxylation is 1. The average Bonchev–Trinajstić information content (AvgIpc) is 2.80. The molecule has 24 heavy (non-hydrogen) atoms.